The predicted octanol–water partition coefficient (Wildman–Crippen LogP) is 3.08. The number of carbonyl (C=O) groups excluding carboxylic acids is 1. The van der Waals surface area contributed by atoms with Crippen molar-refractivity contribution in [2.75, 3.05) is 0 Å². The molecule has 2 nitrogen and oxygen atoms in total. The quantitative estimate of drug-likeness (QED) is 0.526. The number of halogens is 4. The first kappa shape index (κ1) is 11.1. The molecule has 0 amide bonds. The van der Waals surface area contributed by atoms with E-state index in [1.54, 1.807) is 22.6 Å². The normalized spacial score (nSPS) is 9.85. The van der Waals surface area contributed by atoms with Crippen molar-refractivity contribution >= 4 is 51.6 Å². The van der Waals surface area contributed by atoms with E-state index >= 15 is 0 Å². The highest BCUT2D eigenvalue weighted by Gasteiger charge is 2.15. The van der Waals surface area contributed by atoms with Crippen molar-refractivity contribution in [3.05, 3.63) is 32.9 Å². The van der Waals surface area contributed by atoms with Crippen LogP contribution in [0, 0.1) is 15.2 Å². The zero-order chi connectivity index (χ0) is 10.0. The van der Waals surface area contributed by atoms with Crippen LogP contribution in [0.25, 0.3) is 0 Å². The van der Waals surface area contributed by atoms with Crippen LogP contribution in [0.2, 0.25) is 0 Å². The fourth-order valence-corrected chi connectivity index (χ4v) is 1.51. The van der Waals surface area contributed by atoms with E-state index in [1.807, 2.05) is 0 Å². The van der Waals surface area contributed by atoms with Gasteiger partial charge in [0.1, 0.15) is 11.6 Å². The first-order valence-corrected chi connectivity index (χ1v) is 4.99. The van der Waals surface area contributed by atoms with Gasteiger partial charge in [-0.3, -0.25) is 0 Å². The summed E-state index contributed by atoms with van der Waals surface area (Å²) in [6.45, 7) is 0. The third-order valence-corrected chi connectivity index (χ3v) is 2.78. The molecule has 6 heteroatoms. The van der Waals surface area contributed by atoms with Gasteiger partial charge in [-0.05, 0) is 28.7 Å². The number of benzene rings is 1. The molecule has 0 spiro atoms. The van der Waals surface area contributed by atoms with Gasteiger partial charge < -0.3 is 3.07 Å². The van der Waals surface area contributed by atoms with E-state index in [0.29, 0.717) is 6.07 Å². The summed E-state index contributed by atoms with van der Waals surface area (Å²) in [6.07, 6.45) is 0. The Balaban J connectivity index is 3.28. The number of rotatable bonds is 1. The highest BCUT2D eigenvalue weighted by atomic mass is 127. The predicted molar refractivity (Wildman–Crippen MR) is 58.5 cm³/mol. The Labute approximate surface area is 100 Å². The lowest BCUT2D eigenvalue weighted by Crippen LogP contribution is -2.03. The average Bonchev–Trinajstić information content (AvgIpc) is 2.10. The van der Waals surface area contributed by atoms with Gasteiger partial charge in [0.25, 0.3) is 0 Å². The molecule has 0 saturated carbocycles. The Morgan fingerprint density at radius 1 is 1.38 bits per heavy atom. The highest BCUT2D eigenvalue weighted by molar-refractivity contribution is 14.1. The van der Waals surface area contributed by atoms with E-state index in [4.69, 9.17) is 0 Å². The van der Waals surface area contributed by atoms with Crippen LogP contribution in [0.3, 0.4) is 0 Å². The Kier molecular flexibility index (Phi) is 3.83. The van der Waals surface area contributed by atoms with E-state index in [-0.39, 0.29) is 9.13 Å². The summed E-state index contributed by atoms with van der Waals surface area (Å²) < 4.78 is 29.9. The molecular formula is C7H2F2I2O2. The lowest BCUT2D eigenvalue weighted by atomic mass is 10.2. The molecule has 0 aliphatic rings. The van der Waals surface area contributed by atoms with E-state index in [1.165, 1.54) is 23.0 Å². The van der Waals surface area contributed by atoms with Gasteiger partial charge in [0.05, 0.1) is 9.13 Å². The van der Waals surface area contributed by atoms with Crippen molar-refractivity contribution in [1.29, 1.82) is 0 Å². The SMILES string of the molecule is O=C(OI)c1cc(F)cc(F)c1I. The molecular weight excluding hydrogens is 408 g/mol. The molecule has 0 unspecified atom stereocenters. The van der Waals surface area contributed by atoms with Crippen molar-refractivity contribution < 1.29 is 16.6 Å². The zero-order valence-electron chi connectivity index (χ0n) is 5.98. The van der Waals surface area contributed by atoms with Crippen LogP contribution in [0.15, 0.2) is 12.1 Å². The van der Waals surface area contributed by atoms with E-state index < -0.39 is 17.6 Å². The summed E-state index contributed by atoms with van der Waals surface area (Å²) in [5.41, 5.74) is -0.104. The van der Waals surface area contributed by atoms with Crippen molar-refractivity contribution in [3.8, 4) is 0 Å². The van der Waals surface area contributed by atoms with E-state index in [9.17, 15) is 13.6 Å². The lowest BCUT2D eigenvalue weighted by molar-refractivity contribution is 0.0798. The second-order valence-electron chi connectivity index (χ2n) is 2.11. The maximum Gasteiger partial charge on any atom is 0.348 e. The van der Waals surface area contributed by atoms with Crippen molar-refractivity contribution in [1.82, 2.24) is 0 Å². The number of carbonyl (C=O) groups is 1. The molecule has 70 valence electrons. The molecule has 0 saturated heterocycles. The van der Waals surface area contributed by atoms with Crippen LogP contribution in [-0.2, 0) is 3.07 Å². The molecule has 0 aliphatic heterocycles. The first-order chi connectivity index (χ1) is 6.06. The monoisotopic (exact) mass is 410 g/mol. The topological polar surface area (TPSA) is 26.3 Å². The van der Waals surface area contributed by atoms with Crippen LogP contribution in [0.4, 0.5) is 8.78 Å². The maximum atomic E-state index is 12.9. The Bertz CT molecular complexity index is 355. The van der Waals surface area contributed by atoms with Gasteiger partial charge in [0, 0.05) is 6.07 Å². The van der Waals surface area contributed by atoms with Crippen molar-refractivity contribution in [2.24, 2.45) is 0 Å². The fraction of sp³-hybridized carbons (Fsp3) is 0. The molecule has 1 aromatic carbocycles. The lowest BCUT2D eigenvalue weighted by Gasteiger charge is -2.01. The van der Waals surface area contributed by atoms with Gasteiger partial charge in [-0.2, -0.15) is 0 Å². The molecule has 0 bridgehead atoms. The molecule has 1 rings (SSSR count). The van der Waals surface area contributed by atoms with Crippen LogP contribution < -0.4 is 0 Å². The smallest absolute Gasteiger partial charge is 0.348 e. The molecule has 0 fully saturated rings. The van der Waals surface area contributed by atoms with Crippen LogP contribution in [0.1, 0.15) is 10.4 Å². The summed E-state index contributed by atoms with van der Waals surface area (Å²) in [4.78, 5) is 11.0. The third-order valence-electron chi connectivity index (χ3n) is 1.28. The standard InChI is InChI=1S/C7H2F2I2O2/c8-3-1-4(7(12)13-11)6(10)5(9)2-3/h1-2H. The minimum atomic E-state index is -0.797. The van der Waals surface area contributed by atoms with Crippen molar-refractivity contribution in [2.45, 2.75) is 0 Å². The third kappa shape index (κ3) is 2.48. The van der Waals surface area contributed by atoms with Gasteiger partial charge in [-0.1, -0.05) is 0 Å². The largest absolute Gasteiger partial charge is 0.391 e. The van der Waals surface area contributed by atoms with Gasteiger partial charge in [-0.25, -0.2) is 13.6 Å². The van der Waals surface area contributed by atoms with Crippen LogP contribution >= 0.6 is 45.6 Å². The first-order valence-electron chi connectivity index (χ1n) is 3.03. The van der Waals surface area contributed by atoms with Gasteiger partial charge >= 0.3 is 5.97 Å². The van der Waals surface area contributed by atoms with E-state index in [2.05, 4.69) is 3.07 Å². The molecule has 0 heterocycles. The highest BCUT2D eigenvalue weighted by Crippen LogP contribution is 2.19. The molecule has 0 aromatic heterocycles. The van der Waals surface area contributed by atoms with E-state index in [0.717, 1.165) is 6.07 Å². The molecule has 0 aliphatic carbocycles. The van der Waals surface area contributed by atoms with Crippen molar-refractivity contribution in [3.63, 3.8) is 0 Å². The van der Waals surface area contributed by atoms with Gasteiger partial charge in [0.15, 0.2) is 23.0 Å². The summed E-state index contributed by atoms with van der Waals surface area (Å²) >= 11 is 2.97. The average molecular weight is 410 g/mol. The summed E-state index contributed by atoms with van der Waals surface area (Å²) in [5, 5.41) is 0. The molecule has 1 aromatic rings. The molecule has 0 atom stereocenters. The maximum absolute atomic E-state index is 12.9. The zero-order valence-corrected chi connectivity index (χ0v) is 10.3. The van der Waals surface area contributed by atoms with Gasteiger partial charge in [-0.15, -0.1) is 0 Å². The summed E-state index contributed by atoms with van der Waals surface area (Å²) in [5.74, 6) is -2.32. The summed E-state index contributed by atoms with van der Waals surface area (Å²) in [7, 11) is 0. The number of hydrogen-bond donors (Lipinski definition) is 0. The summed E-state index contributed by atoms with van der Waals surface area (Å²) in [6, 6.07) is 1.65. The Hall–Kier alpha value is 0.01000. The molecule has 0 radical (unpaired) electrons. The minimum absolute atomic E-state index is 0.0562. The fourth-order valence-electron chi connectivity index (χ4n) is 0.746. The minimum Gasteiger partial charge on any atom is -0.391 e. The van der Waals surface area contributed by atoms with Crippen LogP contribution in [0.5, 0.6) is 0 Å². The number of hydrogen-bond acceptors (Lipinski definition) is 2. The molecule has 0 N–H and O–H groups in total. The molecule has 13 heavy (non-hydrogen) atoms. The van der Waals surface area contributed by atoms with Crippen LogP contribution in [-0.4, -0.2) is 5.97 Å². The second-order valence-corrected chi connectivity index (χ2v) is 3.63. The Morgan fingerprint density at radius 3 is 2.54 bits per heavy atom. The Morgan fingerprint density at radius 2 is 2.00 bits per heavy atom. The second kappa shape index (κ2) is 4.49. The van der Waals surface area contributed by atoms with Gasteiger partial charge in [0.2, 0.25) is 0 Å².